The summed E-state index contributed by atoms with van der Waals surface area (Å²) in [4.78, 5) is 11.5. The maximum atomic E-state index is 11.5. The van der Waals surface area contributed by atoms with Crippen LogP contribution in [0.1, 0.15) is 45.4 Å². The molecule has 1 amide bonds. The highest BCUT2D eigenvalue weighted by Gasteiger charge is 2.43. The molecule has 1 saturated carbocycles. The molecular formula is C15H25NO3. The Kier molecular flexibility index (Phi) is 4.99. The summed E-state index contributed by atoms with van der Waals surface area (Å²) in [6, 6.07) is 0. The normalized spacial score (nSPS) is 34.4. The minimum absolute atomic E-state index is 0.00101. The smallest absolute Gasteiger partial charge is 0.220 e. The number of hydrogen-bond donors (Lipinski definition) is 1. The van der Waals surface area contributed by atoms with Gasteiger partial charge in [0.25, 0.3) is 0 Å². The first-order valence-corrected chi connectivity index (χ1v) is 7.33. The lowest BCUT2D eigenvalue weighted by Gasteiger charge is -2.34. The van der Waals surface area contributed by atoms with Gasteiger partial charge in [0.1, 0.15) is 6.10 Å². The van der Waals surface area contributed by atoms with Crippen LogP contribution in [0.25, 0.3) is 0 Å². The summed E-state index contributed by atoms with van der Waals surface area (Å²) in [5.74, 6) is 0.473. The number of hydrogen-bond acceptors (Lipinski definition) is 3. The fourth-order valence-corrected chi connectivity index (χ4v) is 2.73. The van der Waals surface area contributed by atoms with Crippen molar-refractivity contribution in [3.05, 3.63) is 12.7 Å². The largest absolute Gasteiger partial charge is 0.353 e. The van der Waals surface area contributed by atoms with Crippen LogP contribution in [0.4, 0.5) is 0 Å². The fourth-order valence-electron chi connectivity index (χ4n) is 2.73. The molecule has 4 heteroatoms. The van der Waals surface area contributed by atoms with Crippen molar-refractivity contribution in [2.24, 2.45) is 5.92 Å². The molecule has 1 atom stereocenters. The molecule has 1 aliphatic heterocycles. The van der Waals surface area contributed by atoms with E-state index in [4.69, 9.17) is 9.47 Å². The summed E-state index contributed by atoms with van der Waals surface area (Å²) in [5.41, 5.74) is 0. The Morgan fingerprint density at radius 1 is 1.47 bits per heavy atom. The van der Waals surface area contributed by atoms with E-state index in [2.05, 4.69) is 18.8 Å². The second-order valence-corrected chi connectivity index (χ2v) is 5.78. The average molecular weight is 267 g/mol. The standard InChI is InChI=1S/C15H25NO3/c1-3-4-5-14(17)16-10-13-11-18-15(19-13)8-6-12(2)7-9-15/h3,12-13H,1,4-11H2,2H3,(H,16,17)/t12?,13-,15?/m1/s1. The van der Waals surface area contributed by atoms with Crippen LogP contribution in [0.15, 0.2) is 12.7 Å². The van der Waals surface area contributed by atoms with Gasteiger partial charge in [0.15, 0.2) is 5.79 Å². The van der Waals surface area contributed by atoms with E-state index >= 15 is 0 Å². The van der Waals surface area contributed by atoms with E-state index in [-0.39, 0.29) is 17.8 Å². The zero-order valence-corrected chi connectivity index (χ0v) is 11.8. The first-order valence-electron chi connectivity index (χ1n) is 7.33. The van der Waals surface area contributed by atoms with Gasteiger partial charge in [-0.3, -0.25) is 4.79 Å². The quantitative estimate of drug-likeness (QED) is 0.778. The van der Waals surface area contributed by atoms with Crippen LogP contribution >= 0.6 is 0 Å². The van der Waals surface area contributed by atoms with Gasteiger partial charge in [-0.25, -0.2) is 0 Å². The van der Waals surface area contributed by atoms with Crippen molar-refractivity contribution in [3.8, 4) is 0 Å². The second kappa shape index (κ2) is 6.53. The molecule has 108 valence electrons. The molecular weight excluding hydrogens is 242 g/mol. The topological polar surface area (TPSA) is 47.6 Å². The Morgan fingerprint density at radius 2 is 2.21 bits per heavy atom. The molecule has 1 aliphatic carbocycles. The molecule has 1 spiro atoms. The van der Waals surface area contributed by atoms with E-state index in [1.165, 1.54) is 12.8 Å². The zero-order chi connectivity index (χ0) is 13.7. The highest BCUT2D eigenvalue weighted by molar-refractivity contribution is 5.75. The van der Waals surface area contributed by atoms with Gasteiger partial charge in [0.05, 0.1) is 6.61 Å². The lowest BCUT2D eigenvalue weighted by atomic mass is 9.86. The molecule has 1 N–H and O–H groups in total. The van der Waals surface area contributed by atoms with Gasteiger partial charge >= 0.3 is 0 Å². The van der Waals surface area contributed by atoms with Crippen molar-refractivity contribution >= 4 is 5.91 Å². The van der Waals surface area contributed by atoms with Gasteiger partial charge in [-0.05, 0) is 25.2 Å². The summed E-state index contributed by atoms with van der Waals surface area (Å²) < 4.78 is 11.9. The Labute approximate surface area is 115 Å². The molecule has 2 rings (SSSR count). The van der Waals surface area contributed by atoms with Crippen molar-refractivity contribution < 1.29 is 14.3 Å². The van der Waals surface area contributed by atoms with Crippen LogP contribution in [-0.2, 0) is 14.3 Å². The van der Waals surface area contributed by atoms with Gasteiger partial charge in [-0.15, -0.1) is 6.58 Å². The lowest BCUT2D eigenvalue weighted by Crippen LogP contribution is -2.38. The van der Waals surface area contributed by atoms with E-state index in [1.54, 1.807) is 6.08 Å². The minimum atomic E-state index is -0.358. The molecule has 2 aliphatic rings. The van der Waals surface area contributed by atoms with Crippen LogP contribution < -0.4 is 5.32 Å². The minimum Gasteiger partial charge on any atom is -0.353 e. The van der Waals surface area contributed by atoms with Crippen molar-refractivity contribution in [1.29, 1.82) is 0 Å². The molecule has 0 aromatic rings. The van der Waals surface area contributed by atoms with Crippen molar-refractivity contribution in [2.75, 3.05) is 13.2 Å². The molecule has 1 saturated heterocycles. The SMILES string of the molecule is C=CCCC(=O)NC[C@@H]1COC2(CCC(C)CC2)O1. The number of ether oxygens (including phenoxy) is 2. The highest BCUT2D eigenvalue weighted by atomic mass is 16.7. The zero-order valence-electron chi connectivity index (χ0n) is 11.8. The summed E-state index contributed by atoms with van der Waals surface area (Å²) in [5, 5.41) is 2.90. The fraction of sp³-hybridized carbons (Fsp3) is 0.800. The Bertz CT molecular complexity index is 321. The van der Waals surface area contributed by atoms with Crippen LogP contribution in [0.3, 0.4) is 0 Å². The average Bonchev–Trinajstić information content (AvgIpc) is 2.81. The maximum Gasteiger partial charge on any atom is 0.220 e. The van der Waals surface area contributed by atoms with Crippen molar-refractivity contribution in [1.82, 2.24) is 5.32 Å². The van der Waals surface area contributed by atoms with Gasteiger partial charge in [0, 0.05) is 25.8 Å². The summed E-state index contributed by atoms with van der Waals surface area (Å²) in [6.45, 7) is 7.03. The van der Waals surface area contributed by atoms with Gasteiger partial charge in [-0.1, -0.05) is 13.0 Å². The van der Waals surface area contributed by atoms with Gasteiger partial charge < -0.3 is 14.8 Å². The first kappa shape index (κ1) is 14.5. The molecule has 2 fully saturated rings. The lowest BCUT2D eigenvalue weighted by molar-refractivity contribution is -0.191. The number of rotatable bonds is 5. The molecule has 1 heterocycles. The predicted octanol–water partition coefficient (Wildman–Crippen LogP) is 2.39. The van der Waals surface area contributed by atoms with Gasteiger partial charge in [0.2, 0.25) is 5.91 Å². The van der Waals surface area contributed by atoms with Crippen LogP contribution in [-0.4, -0.2) is 30.9 Å². The third-order valence-electron chi connectivity index (χ3n) is 4.05. The number of carbonyl (C=O) groups excluding carboxylic acids is 1. The molecule has 19 heavy (non-hydrogen) atoms. The number of allylic oxidation sites excluding steroid dienone is 1. The number of nitrogens with one attached hydrogen (secondary N) is 1. The molecule has 0 unspecified atom stereocenters. The molecule has 0 aromatic carbocycles. The van der Waals surface area contributed by atoms with Crippen LogP contribution in [0.2, 0.25) is 0 Å². The summed E-state index contributed by atoms with van der Waals surface area (Å²) in [6.07, 6.45) is 7.27. The molecule has 0 bridgehead atoms. The Morgan fingerprint density at radius 3 is 2.89 bits per heavy atom. The Hall–Kier alpha value is -0.870. The van der Waals surface area contributed by atoms with Crippen LogP contribution in [0.5, 0.6) is 0 Å². The monoisotopic (exact) mass is 267 g/mol. The third kappa shape index (κ3) is 4.05. The number of amides is 1. The molecule has 0 aromatic heterocycles. The third-order valence-corrected chi connectivity index (χ3v) is 4.05. The first-order chi connectivity index (χ1) is 9.13. The highest BCUT2D eigenvalue weighted by Crippen LogP contribution is 2.39. The second-order valence-electron chi connectivity index (χ2n) is 5.78. The molecule has 0 radical (unpaired) electrons. The van der Waals surface area contributed by atoms with E-state index < -0.39 is 0 Å². The number of carbonyl (C=O) groups is 1. The van der Waals surface area contributed by atoms with Crippen molar-refractivity contribution in [2.45, 2.75) is 57.3 Å². The van der Waals surface area contributed by atoms with E-state index in [9.17, 15) is 4.79 Å². The summed E-state index contributed by atoms with van der Waals surface area (Å²) >= 11 is 0. The maximum absolute atomic E-state index is 11.5. The van der Waals surface area contributed by atoms with E-state index in [0.717, 1.165) is 25.2 Å². The molecule has 4 nitrogen and oxygen atoms in total. The van der Waals surface area contributed by atoms with Crippen molar-refractivity contribution in [3.63, 3.8) is 0 Å². The van der Waals surface area contributed by atoms with E-state index in [1.807, 2.05) is 0 Å². The predicted molar refractivity (Wildman–Crippen MR) is 73.6 cm³/mol. The van der Waals surface area contributed by atoms with Gasteiger partial charge in [-0.2, -0.15) is 0 Å². The Balaban J connectivity index is 1.70. The van der Waals surface area contributed by atoms with Crippen LogP contribution in [0, 0.1) is 5.92 Å². The summed E-state index contributed by atoms with van der Waals surface area (Å²) in [7, 11) is 0. The van der Waals surface area contributed by atoms with E-state index in [0.29, 0.717) is 19.6 Å².